The molecule has 4 fully saturated rings. The van der Waals surface area contributed by atoms with Gasteiger partial charge in [0, 0.05) is 50.3 Å². The van der Waals surface area contributed by atoms with Gasteiger partial charge >= 0.3 is 0 Å². The van der Waals surface area contributed by atoms with E-state index < -0.39 is 12.3 Å². The molecule has 4 heterocycles. The number of nitrogens with zero attached hydrogens (tertiary/aromatic N) is 8. The number of halogens is 4. The second kappa shape index (κ2) is 15.3. The topological polar surface area (TPSA) is 120 Å². The molecule has 2 saturated carbocycles. The number of likely N-dealkylation sites (tertiary alicyclic amines) is 2. The predicted molar refractivity (Wildman–Crippen MR) is 181 cm³/mol. The molecule has 50 heavy (non-hydrogen) atoms. The Morgan fingerprint density at radius 1 is 0.520 bits per heavy atom. The number of rotatable bonds is 6. The van der Waals surface area contributed by atoms with Crippen LogP contribution in [0.4, 0.5) is 17.6 Å². The van der Waals surface area contributed by atoms with Gasteiger partial charge < -0.3 is 11.5 Å². The van der Waals surface area contributed by atoms with Crippen molar-refractivity contribution < 1.29 is 17.6 Å². The molecule has 8 rings (SSSR count). The fourth-order valence-electron chi connectivity index (χ4n) is 8.89. The summed E-state index contributed by atoms with van der Waals surface area (Å²) in [5, 5.41) is 8.63. The van der Waals surface area contributed by atoms with Crippen LogP contribution in [0.15, 0.2) is 73.8 Å². The van der Waals surface area contributed by atoms with Crippen molar-refractivity contribution in [1.82, 2.24) is 39.3 Å². The van der Waals surface area contributed by atoms with Gasteiger partial charge in [-0.2, -0.15) is 10.2 Å². The Bertz CT molecular complexity index is 1480. The van der Waals surface area contributed by atoms with Gasteiger partial charge in [0.2, 0.25) is 0 Å². The second-order valence-corrected chi connectivity index (χ2v) is 14.6. The van der Waals surface area contributed by atoms with Crippen LogP contribution < -0.4 is 11.5 Å². The monoisotopic (exact) mass is 694 g/mol. The van der Waals surface area contributed by atoms with Crippen LogP contribution in [0.5, 0.6) is 0 Å². The zero-order valence-corrected chi connectivity index (χ0v) is 28.0. The number of hydrogen-bond acceptors (Lipinski definition) is 8. The highest BCUT2D eigenvalue weighted by Crippen LogP contribution is 2.45. The van der Waals surface area contributed by atoms with Crippen molar-refractivity contribution in [2.45, 2.75) is 99.0 Å². The van der Waals surface area contributed by atoms with E-state index in [1.807, 2.05) is 33.6 Å². The van der Waals surface area contributed by atoms with E-state index in [0.717, 1.165) is 36.8 Å². The zero-order chi connectivity index (χ0) is 34.8. The van der Waals surface area contributed by atoms with E-state index in [4.69, 9.17) is 11.5 Å². The number of aromatic nitrogens is 6. The zero-order valence-electron chi connectivity index (χ0n) is 28.0. The summed E-state index contributed by atoms with van der Waals surface area (Å²) in [4.78, 5) is 12.5. The Kier molecular flexibility index (Phi) is 10.6. The van der Waals surface area contributed by atoms with Crippen molar-refractivity contribution in [2.75, 3.05) is 26.2 Å². The van der Waals surface area contributed by atoms with Crippen molar-refractivity contribution in [1.29, 1.82) is 0 Å². The molecule has 2 aliphatic heterocycles. The molecule has 0 bridgehead atoms. The van der Waals surface area contributed by atoms with Crippen molar-refractivity contribution in [3.63, 3.8) is 0 Å². The van der Waals surface area contributed by atoms with E-state index in [9.17, 15) is 17.6 Å². The van der Waals surface area contributed by atoms with Gasteiger partial charge in [0.1, 0.15) is 49.3 Å². The summed E-state index contributed by atoms with van der Waals surface area (Å²) in [7, 11) is 0. The summed E-state index contributed by atoms with van der Waals surface area (Å²) in [6, 6.07) is 13.7. The van der Waals surface area contributed by atoms with Gasteiger partial charge in [0.15, 0.2) is 0 Å². The molecule has 4 N–H and O–H groups in total. The third-order valence-electron chi connectivity index (χ3n) is 11.1. The highest BCUT2D eigenvalue weighted by Gasteiger charge is 2.44. The lowest BCUT2D eigenvalue weighted by atomic mass is 9.96. The minimum atomic E-state index is -0.884. The van der Waals surface area contributed by atoms with E-state index >= 15 is 0 Å². The minimum Gasteiger partial charge on any atom is -0.326 e. The molecule has 0 unspecified atom stereocenters. The van der Waals surface area contributed by atoms with Gasteiger partial charge in [0.05, 0.1) is 12.1 Å². The molecule has 2 saturated heterocycles. The van der Waals surface area contributed by atoms with Crippen molar-refractivity contribution in [3.8, 4) is 0 Å². The van der Waals surface area contributed by atoms with E-state index in [1.54, 1.807) is 12.7 Å². The Labute approximate surface area is 289 Å². The molecule has 14 heteroatoms. The van der Waals surface area contributed by atoms with E-state index in [2.05, 4.69) is 30.0 Å². The summed E-state index contributed by atoms with van der Waals surface area (Å²) in [5.41, 5.74) is 14.3. The first kappa shape index (κ1) is 34.7. The molecule has 268 valence electrons. The fourth-order valence-corrected chi connectivity index (χ4v) is 8.89. The number of nitrogens with two attached hydrogens (primary N) is 2. The Balaban J connectivity index is 0.000000157. The average molecular weight is 695 g/mol. The van der Waals surface area contributed by atoms with Gasteiger partial charge in [-0.05, 0) is 85.8 Å². The molecule has 4 aromatic rings. The van der Waals surface area contributed by atoms with Gasteiger partial charge in [-0.3, -0.25) is 9.80 Å². The summed E-state index contributed by atoms with van der Waals surface area (Å²) >= 11 is 0. The first-order chi connectivity index (χ1) is 24.2. The highest BCUT2D eigenvalue weighted by molar-refractivity contribution is 5.24. The molecule has 2 aromatic heterocycles. The van der Waals surface area contributed by atoms with E-state index in [-0.39, 0.29) is 59.7 Å². The first-order valence-corrected chi connectivity index (χ1v) is 17.7. The molecule has 0 spiro atoms. The van der Waals surface area contributed by atoms with Gasteiger partial charge in [-0.25, -0.2) is 36.9 Å². The van der Waals surface area contributed by atoms with Gasteiger partial charge in [0.25, 0.3) is 0 Å². The van der Waals surface area contributed by atoms with Crippen LogP contribution >= 0.6 is 0 Å². The first-order valence-electron chi connectivity index (χ1n) is 17.7. The lowest BCUT2D eigenvalue weighted by Crippen LogP contribution is -2.53. The fraction of sp³-hybridized carbons (Fsp3) is 0.556. The molecular formula is C36H46F4N10. The van der Waals surface area contributed by atoms with Crippen LogP contribution in [0.1, 0.15) is 73.6 Å². The second-order valence-electron chi connectivity index (χ2n) is 14.6. The van der Waals surface area contributed by atoms with Crippen LogP contribution in [0.3, 0.4) is 0 Å². The van der Waals surface area contributed by atoms with Crippen LogP contribution in [-0.2, 0) is 0 Å². The lowest BCUT2D eigenvalue weighted by Gasteiger charge is -2.39. The number of piperidine rings is 2. The smallest absolute Gasteiger partial charge is 0.137 e. The maximum Gasteiger partial charge on any atom is 0.137 e. The number of hydrogen-bond donors (Lipinski definition) is 2. The number of benzene rings is 2. The SMILES string of the molecule is N[C@@H]1C[C@@H](F)CN([C@@H]2C[C@H](c3ccc(F)cc3)C[C@H]2n2cncn2)C1.N[C@@H]1C[C@@H](F)CN([C@H]2C[C@@H](c3ccc(F)cc3)C[C@@H]2n2cncn2)C1. The van der Waals surface area contributed by atoms with Crippen LogP contribution in [0, 0.1) is 11.6 Å². The molecule has 10 atom stereocenters. The molecule has 10 nitrogen and oxygen atoms in total. The third-order valence-corrected chi connectivity index (χ3v) is 11.1. The summed E-state index contributed by atoms with van der Waals surface area (Å²) in [6.07, 6.45) is 9.12. The Hall–Kier alpha value is -3.72. The van der Waals surface area contributed by atoms with Crippen LogP contribution in [-0.4, -0.2) is 102 Å². The number of alkyl halides is 2. The molecular weight excluding hydrogens is 648 g/mol. The normalized spacial score (nSPS) is 33.6. The maximum atomic E-state index is 14.1. The lowest BCUT2D eigenvalue weighted by molar-refractivity contribution is 0.0689. The molecule has 4 aliphatic rings. The van der Waals surface area contributed by atoms with Crippen LogP contribution in [0.2, 0.25) is 0 Å². The maximum absolute atomic E-state index is 14.1. The van der Waals surface area contributed by atoms with E-state index in [1.165, 1.54) is 36.9 Å². The van der Waals surface area contributed by atoms with Crippen LogP contribution in [0.25, 0.3) is 0 Å². The Morgan fingerprint density at radius 2 is 0.900 bits per heavy atom. The molecule has 0 amide bonds. The van der Waals surface area contributed by atoms with Gasteiger partial charge in [-0.15, -0.1) is 0 Å². The molecule has 2 aliphatic carbocycles. The molecule has 0 radical (unpaired) electrons. The standard InChI is InChI=1S/2C18H23F2N5/c2*19-14-3-1-12(2-4-14)13-5-17(18(6-13)25-11-22-10-23-25)24-8-15(20)7-16(21)9-24/h2*1-4,10-11,13,15-18H,5-9,21H2/t13-,15+,16+,17+,18+;13-,15-,16-,17+,18+/m01/s1. The largest absolute Gasteiger partial charge is 0.326 e. The summed E-state index contributed by atoms with van der Waals surface area (Å²) in [6.45, 7) is 2.23. The quantitative estimate of drug-likeness (QED) is 0.283. The highest BCUT2D eigenvalue weighted by atomic mass is 19.1. The summed E-state index contributed by atoms with van der Waals surface area (Å²) < 4.78 is 58.4. The van der Waals surface area contributed by atoms with Crippen molar-refractivity contribution in [3.05, 3.63) is 96.6 Å². The van der Waals surface area contributed by atoms with Gasteiger partial charge in [-0.1, -0.05) is 24.3 Å². The average Bonchev–Trinajstić information content (AvgIpc) is 3.92. The summed E-state index contributed by atoms with van der Waals surface area (Å²) in [5.74, 6) is 0.119. The third kappa shape index (κ3) is 7.93. The van der Waals surface area contributed by atoms with Crippen molar-refractivity contribution in [2.24, 2.45) is 11.5 Å². The minimum absolute atomic E-state index is 0.120. The Morgan fingerprint density at radius 3 is 1.24 bits per heavy atom. The molecule has 2 aromatic carbocycles. The predicted octanol–water partition coefficient (Wildman–Crippen LogP) is 4.55. The van der Waals surface area contributed by atoms with E-state index in [0.29, 0.717) is 39.0 Å². The van der Waals surface area contributed by atoms with Crippen molar-refractivity contribution >= 4 is 0 Å².